The summed E-state index contributed by atoms with van der Waals surface area (Å²) in [4.78, 5) is 2.35. The summed E-state index contributed by atoms with van der Waals surface area (Å²) in [7, 11) is 3.76. The van der Waals surface area contributed by atoms with Gasteiger partial charge in [-0.15, -0.1) is 0 Å². The number of nitriles is 1. The maximum atomic E-state index is 8.99. The van der Waals surface area contributed by atoms with Crippen LogP contribution in [-0.4, -0.2) is 38.7 Å². The van der Waals surface area contributed by atoms with Crippen molar-refractivity contribution in [3.63, 3.8) is 0 Å². The largest absolute Gasteiger partial charge is 0.495 e. The molecule has 4 heteroatoms. The first-order valence-electron chi connectivity index (χ1n) is 7.19. The molecular weight excluding hydrogens is 250 g/mol. The molecule has 1 atom stereocenters. The fourth-order valence-corrected chi connectivity index (χ4v) is 2.82. The Labute approximate surface area is 121 Å². The van der Waals surface area contributed by atoms with Crippen LogP contribution in [-0.2, 0) is 6.54 Å². The van der Waals surface area contributed by atoms with E-state index in [9.17, 15) is 0 Å². The molecule has 0 aliphatic carbocycles. The Morgan fingerprint density at radius 2 is 2.35 bits per heavy atom. The summed E-state index contributed by atoms with van der Waals surface area (Å²) in [6.07, 6.45) is 2.59. The van der Waals surface area contributed by atoms with E-state index < -0.39 is 0 Å². The Hall–Kier alpha value is -1.57. The molecule has 1 fully saturated rings. The van der Waals surface area contributed by atoms with Crippen molar-refractivity contribution in [2.45, 2.75) is 19.4 Å². The van der Waals surface area contributed by atoms with E-state index >= 15 is 0 Å². The molecule has 1 aliphatic rings. The summed E-state index contributed by atoms with van der Waals surface area (Å²) in [5.41, 5.74) is 1.78. The Balaban J connectivity index is 1.93. The molecule has 20 heavy (non-hydrogen) atoms. The first kappa shape index (κ1) is 14.8. The van der Waals surface area contributed by atoms with Gasteiger partial charge in [0.25, 0.3) is 0 Å². The monoisotopic (exact) mass is 273 g/mol. The quantitative estimate of drug-likeness (QED) is 0.891. The number of piperidine rings is 1. The highest BCUT2D eigenvalue weighted by Gasteiger charge is 2.15. The minimum atomic E-state index is 0.593. The second-order valence-electron chi connectivity index (χ2n) is 5.56. The van der Waals surface area contributed by atoms with Gasteiger partial charge in [-0.05, 0) is 56.6 Å². The molecule has 1 aromatic carbocycles. The number of methoxy groups -OCH3 is 1. The highest BCUT2D eigenvalue weighted by atomic mass is 16.5. The molecule has 0 spiro atoms. The average Bonchev–Trinajstić information content (AvgIpc) is 2.48. The Morgan fingerprint density at radius 3 is 3.00 bits per heavy atom. The molecule has 1 aromatic rings. The van der Waals surface area contributed by atoms with Gasteiger partial charge in [0, 0.05) is 13.1 Å². The van der Waals surface area contributed by atoms with Crippen LogP contribution in [0.2, 0.25) is 0 Å². The van der Waals surface area contributed by atoms with Crippen LogP contribution in [0.3, 0.4) is 0 Å². The van der Waals surface area contributed by atoms with Gasteiger partial charge in [-0.2, -0.15) is 5.26 Å². The van der Waals surface area contributed by atoms with Gasteiger partial charge in [0.1, 0.15) is 11.8 Å². The summed E-state index contributed by atoms with van der Waals surface area (Å²) >= 11 is 0. The van der Waals surface area contributed by atoms with Crippen molar-refractivity contribution in [3.8, 4) is 11.8 Å². The van der Waals surface area contributed by atoms with Crippen LogP contribution in [0.25, 0.3) is 0 Å². The third-order valence-corrected chi connectivity index (χ3v) is 3.81. The molecule has 0 bridgehead atoms. The minimum Gasteiger partial charge on any atom is -0.495 e. The predicted molar refractivity (Wildman–Crippen MR) is 79.6 cm³/mol. The zero-order chi connectivity index (χ0) is 14.4. The van der Waals surface area contributed by atoms with Crippen molar-refractivity contribution in [2.75, 3.05) is 33.8 Å². The third-order valence-electron chi connectivity index (χ3n) is 3.81. The number of hydrogen-bond donors (Lipinski definition) is 1. The van der Waals surface area contributed by atoms with Crippen molar-refractivity contribution in [1.29, 1.82) is 5.26 Å². The number of benzene rings is 1. The highest BCUT2D eigenvalue weighted by molar-refractivity contribution is 5.45. The Bertz CT molecular complexity index is 475. The van der Waals surface area contributed by atoms with Gasteiger partial charge in [0.05, 0.1) is 12.7 Å². The molecule has 0 saturated carbocycles. The van der Waals surface area contributed by atoms with Crippen molar-refractivity contribution in [3.05, 3.63) is 29.3 Å². The molecule has 1 unspecified atom stereocenters. The number of nitrogens with one attached hydrogen (secondary N) is 1. The SMILES string of the molecule is COc1cc(CN(C)CC2CCCNC2)ccc1C#N. The Morgan fingerprint density at radius 1 is 1.50 bits per heavy atom. The lowest BCUT2D eigenvalue weighted by molar-refractivity contribution is 0.237. The molecular formula is C16H23N3O. The van der Waals surface area contributed by atoms with Gasteiger partial charge >= 0.3 is 0 Å². The average molecular weight is 273 g/mol. The molecule has 1 heterocycles. The molecule has 2 rings (SSSR count). The van der Waals surface area contributed by atoms with Crippen LogP contribution in [0.5, 0.6) is 5.75 Å². The zero-order valence-corrected chi connectivity index (χ0v) is 12.4. The molecule has 108 valence electrons. The molecule has 0 aromatic heterocycles. The van der Waals surface area contributed by atoms with E-state index in [0.717, 1.165) is 32.1 Å². The topological polar surface area (TPSA) is 48.3 Å². The smallest absolute Gasteiger partial charge is 0.136 e. The maximum Gasteiger partial charge on any atom is 0.136 e. The maximum absolute atomic E-state index is 8.99. The van der Waals surface area contributed by atoms with E-state index in [2.05, 4.69) is 23.3 Å². The molecule has 0 radical (unpaired) electrons. The van der Waals surface area contributed by atoms with Crippen LogP contribution in [0.4, 0.5) is 0 Å². The summed E-state index contributed by atoms with van der Waals surface area (Å²) in [6.45, 7) is 4.28. The van der Waals surface area contributed by atoms with Gasteiger partial charge in [0.2, 0.25) is 0 Å². The van der Waals surface area contributed by atoms with E-state index in [-0.39, 0.29) is 0 Å². The van der Waals surface area contributed by atoms with Crippen molar-refractivity contribution in [1.82, 2.24) is 10.2 Å². The predicted octanol–water partition coefficient (Wildman–Crippen LogP) is 2.00. The zero-order valence-electron chi connectivity index (χ0n) is 12.4. The fourth-order valence-electron chi connectivity index (χ4n) is 2.82. The number of hydrogen-bond acceptors (Lipinski definition) is 4. The van der Waals surface area contributed by atoms with E-state index in [0.29, 0.717) is 11.3 Å². The molecule has 1 N–H and O–H groups in total. The van der Waals surface area contributed by atoms with Gasteiger partial charge in [-0.25, -0.2) is 0 Å². The lowest BCUT2D eigenvalue weighted by Crippen LogP contribution is -2.36. The number of nitrogens with zero attached hydrogens (tertiary/aromatic N) is 2. The van der Waals surface area contributed by atoms with Gasteiger partial charge < -0.3 is 15.0 Å². The van der Waals surface area contributed by atoms with E-state index in [4.69, 9.17) is 10.00 Å². The minimum absolute atomic E-state index is 0.593. The summed E-state index contributed by atoms with van der Waals surface area (Å²) < 4.78 is 5.26. The highest BCUT2D eigenvalue weighted by Crippen LogP contribution is 2.20. The summed E-state index contributed by atoms with van der Waals surface area (Å²) in [5.74, 6) is 1.41. The van der Waals surface area contributed by atoms with Gasteiger partial charge in [-0.1, -0.05) is 6.07 Å². The normalized spacial score (nSPS) is 18.8. The number of rotatable bonds is 5. The summed E-state index contributed by atoms with van der Waals surface area (Å²) in [5, 5.41) is 12.4. The molecule has 4 nitrogen and oxygen atoms in total. The van der Waals surface area contributed by atoms with E-state index in [1.54, 1.807) is 7.11 Å². The van der Waals surface area contributed by atoms with Crippen molar-refractivity contribution < 1.29 is 4.74 Å². The lowest BCUT2D eigenvalue weighted by atomic mass is 9.99. The standard InChI is InChI=1S/C16H23N3O/c1-19(12-14-4-3-7-18-10-14)11-13-5-6-15(9-17)16(8-13)20-2/h5-6,8,14,18H,3-4,7,10-12H2,1-2H3. The lowest BCUT2D eigenvalue weighted by Gasteiger charge is -2.27. The molecule has 1 aliphatic heterocycles. The fraction of sp³-hybridized carbons (Fsp3) is 0.562. The molecule has 1 saturated heterocycles. The van der Waals surface area contributed by atoms with Crippen molar-refractivity contribution in [2.24, 2.45) is 5.92 Å². The number of ether oxygens (including phenoxy) is 1. The van der Waals surface area contributed by atoms with E-state index in [1.807, 2.05) is 18.2 Å². The summed E-state index contributed by atoms with van der Waals surface area (Å²) in [6, 6.07) is 7.96. The second-order valence-corrected chi connectivity index (χ2v) is 5.56. The van der Waals surface area contributed by atoms with Gasteiger partial charge in [0.15, 0.2) is 0 Å². The van der Waals surface area contributed by atoms with E-state index in [1.165, 1.54) is 18.4 Å². The van der Waals surface area contributed by atoms with Crippen LogP contribution >= 0.6 is 0 Å². The Kier molecular flexibility index (Phi) is 5.40. The second kappa shape index (κ2) is 7.28. The molecule has 0 amide bonds. The van der Waals surface area contributed by atoms with Crippen LogP contribution < -0.4 is 10.1 Å². The van der Waals surface area contributed by atoms with Crippen molar-refractivity contribution >= 4 is 0 Å². The first-order valence-corrected chi connectivity index (χ1v) is 7.19. The van der Waals surface area contributed by atoms with Crippen LogP contribution in [0, 0.1) is 17.2 Å². The van der Waals surface area contributed by atoms with Crippen LogP contribution in [0.1, 0.15) is 24.0 Å². The van der Waals surface area contributed by atoms with Gasteiger partial charge in [-0.3, -0.25) is 0 Å². The third kappa shape index (κ3) is 3.96. The van der Waals surface area contributed by atoms with Crippen LogP contribution in [0.15, 0.2) is 18.2 Å². The first-order chi connectivity index (χ1) is 9.72.